The van der Waals surface area contributed by atoms with Gasteiger partial charge in [-0.1, -0.05) is 18.2 Å². The van der Waals surface area contributed by atoms with Crippen LogP contribution < -0.4 is 5.32 Å². The van der Waals surface area contributed by atoms with Crippen LogP contribution in [0.5, 0.6) is 0 Å². The van der Waals surface area contributed by atoms with Crippen LogP contribution in [-0.4, -0.2) is 29.8 Å². The Morgan fingerprint density at radius 1 is 0.938 bits per heavy atom. The Labute approximate surface area is 188 Å². The van der Waals surface area contributed by atoms with Gasteiger partial charge in [-0.05, 0) is 75.1 Å². The van der Waals surface area contributed by atoms with Crippen LogP contribution in [0.4, 0.5) is 5.82 Å². The highest BCUT2D eigenvalue weighted by Crippen LogP contribution is 2.25. The lowest BCUT2D eigenvalue weighted by Crippen LogP contribution is -2.11. The van der Waals surface area contributed by atoms with E-state index in [4.69, 9.17) is 0 Å². The summed E-state index contributed by atoms with van der Waals surface area (Å²) in [5.74, 6) is 0.743. The van der Waals surface area contributed by atoms with E-state index in [2.05, 4.69) is 64.5 Å². The summed E-state index contributed by atoms with van der Waals surface area (Å²) in [4.78, 5) is 8.87. The largest absolute Gasteiger partial charge is 0.390 e. The molecular formula is C25H28N6O. The molecule has 7 heteroatoms. The number of aromatic nitrogens is 5. The summed E-state index contributed by atoms with van der Waals surface area (Å²) in [5.41, 5.74) is 8.32. The van der Waals surface area contributed by atoms with Gasteiger partial charge in [0.25, 0.3) is 0 Å². The third-order valence-electron chi connectivity index (χ3n) is 5.72. The quantitative estimate of drug-likeness (QED) is 0.466. The van der Waals surface area contributed by atoms with Crippen molar-refractivity contribution in [3.05, 3.63) is 82.6 Å². The fraction of sp³-hybridized carbons (Fsp3) is 0.280. The third-order valence-corrected chi connectivity index (χ3v) is 5.72. The molecule has 0 unspecified atom stereocenters. The number of nitrogens with one attached hydrogen (secondary N) is 1. The summed E-state index contributed by atoms with van der Waals surface area (Å²) in [6, 6.07) is 12.4. The van der Waals surface area contributed by atoms with Gasteiger partial charge in [0.15, 0.2) is 5.82 Å². The Hall–Kier alpha value is -3.58. The molecule has 4 rings (SSSR count). The number of hydrogen-bond acceptors (Lipinski definition) is 6. The smallest absolute Gasteiger partial charge is 0.152 e. The molecule has 3 heterocycles. The van der Waals surface area contributed by atoms with Crippen LogP contribution in [0.25, 0.3) is 17.1 Å². The first kappa shape index (κ1) is 21.6. The molecule has 0 aliphatic carbocycles. The summed E-state index contributed by atoms with van der Waals surface area (Å²) >= 11 is 0. The molecule has 164 valence electrons. The first-order chi connectivity index (χ1) is 15.4. The lowest BCUT2D eigenvalue weighted by molar-refractivity contribution is 0.276. The van der Waals surface area contributed by atoms with Crippen molar-refractivity contribution in [3.8, 4) is 17.1 Å². The highest BCUT2D eigenvalue weighted by atomic mass is 16.3. The molecule has 3 aromatic heterocycles. The molecule has 0 saturated heterocycles. The summed E-state index contributed by atoms with van der Waals surface area (Å²) in [7, 11) is 0. The number of aliphatic hydroxyl groups is 1. The zero-order valence-electron chi connectivity index (χ0n) is 19.1. The van der Waals surface area contributed by atoms with Crippen LogP contribution >= 0.6 is 0 Å². The molecular weight excluding hydrogens is 400 g/mol. The van der Waals surface area contributed by atoms with Gasteiger partial charge < -0.3 is 15.0 Å². The Kier molecular flexibility index (Phi) is 6.01. The summed E-state index contributed by atoms with van der Waals surface area (Å²) in [6.45, 7) is 10.1. The van der Waals surface area contributed by atoms with E-state index in [1.165, 1.54) is 16.7 Å². The van der Waals surface area contributed by atoms with E-state index in [-0.39, 0.29) is 12.6 Å². The Bertz CT molecular complexity index is 1260. The van der Waals surface area contributed by atoms with E-state index in [1.54, 1.807) is 6.33 Å². The molecule has 2 N–H and O–H groups in total. The van der Waals surface area contributed by atoms with Crippen LogP contribution in [0.2, 0.25) is 0 Å². The van der Waals surface area contributed by atoms with Crippen molar-refractivity contribution in [1.82, 2.24) is 24.7 Å². The van der Waals surface area contributed by atoms with E-state index >= 15 is 0 Å². The number of aliphatic hydroxyl groups excluding tert-OH is 1. The van der Waals surface area contributed by atoms with Crippen LogP contribution in [0.3, 0.4) is 0 Å². The van der Waals surface area contributed by atoms with Crippen LogP contribution in [0.15, 0.2) is 48.9 Å². The first-order valence-electron chi connectivity index (χ1n) is 10.7. The minimum atomic E-state index is -0.181. The molecule has 1 aromatic carbocycles. The van der Waals surface area contributed by atoms with Gasteiger partial charge in [0, 0.05) is 6.20 Å². The Morgan fingerprint density at radius 3 is 2.41 bits per heavy atom. The number of pyridine rings is 1. The molecule has 0 saturated carbocycles. The summed E-state index contributed by atoms with van der Waals surface area (Å²) in [5, 5.41) is 22.1. The van der Waals surface area contributed by atoms with Crippen molar-refractivity contribution in [2.24, 2.45) is 0 Å². The van der Waals surface area contributed by atoms with Crippen LogP contribution in [0, 0.1) is 27.7 Å². The second-order valence-corrected chi connectivity index (χ2v) is 8.21. The number of rotatable bonds is 6. The minimum Gasteiger partial charge on any atom is -0.390 e. The van der Waals surface area contributed by atoms with Gasteiger partial charge in [-0.25, -0.2) is 9.97 Å². The van der Waals surface area contributed by atoms with E-state index in [1.807, 2.05) is 42.8 Å². The Morgan fingerprint density at radius 2 is 1.75 bits per heavy atom. The van der Waals surface area contributed by atoms with Gasteiger partial charge >= 0.3 is 0 Å². The maximum Gasteiger partial charge on any atom is 0.152 e. The molecule has 32 heavy (non-hydrogen) atoms. The van der Waals surface area contributed by atoms with Crippen molar-refractivity contribution in [2.75, 3.05) is 5.32 Å². The minimum absolute atomic E-state index is 0.102. The van der Waals surface area contributed by atoms with Gasteiger partial charge in [-0.15, -0.1) is 10.2 Å². The molecule has 0 amide bonds. The van der Waals surface area contributed by atoms with Crippen molar-refractivity contribution in [3.63, 3.8) is 0 Å². The maximum atomic E-state index is 9.86. The summed E-state index contributed by atoms with van der Waals surface area (Å²) in [6.07, 6.45) is 3.61. The van der Waals surface area contributed by atoms with E-state index in [0.29, 0.717) is 17.1 Å². The fourth-order valence-corrected chi connectivity index (χ4v) is 3.62. The lowest BCUT2D eigenvalue weighted by Gasteiger charge is -2.17. The molecule has 4 aromatic rings. The van der Waals surface area contributed by atoms with Gasteiger partial charge in [-0.2, -0.15) is 0 Å². The standard InChI is InChI=1S/C25H28N6O/c1-15-6-7-20(10-16(15)2)19(5)27-25-17(3)11-22(29-30-25)21-8-9-24(23(13-32)28-21)31-12-18(4)26-14-31/h6-12,14,19,32H,13H2,1-5H3,(H,27,30)/t19-/m0/s1. The monoisotopic (exact) mass is 428 g/mol. The molecule has 0 fully saturated rings. The molecule has 0 aliphatic rings. The van der Waals surface area contributed by atoms with Crippen LogP contribution in [-0.2, 0) is 6.61 Å². The molecule has 7 nitrogen and oxygen atoms in total. The molecule has 1 atom stereocenters. The molecule has 0 bridgehead atoms. The van der Waals surface area contributed by atoms with Crippen molar-refractivity contribution in [2.45, 2.75) is 47.3 Å². The predicted molar refractivity (Wildman–Crippen MR) is 126 cm³/mol. The molecule has 0 spiro atoms. The highest BCUT2D eigenvalue weighted by Gasteiger charge is 2.14. The highest BCUT2D eigenvalue weighted by molar-refractivity contribution is 5.60. The van der Waals surface area contributed by atoms with Crippen molar-refractivity contribution in [1.29, 1.82) is 0 Å². The van der Waals surface area contributed by atoms with E-state index in [9.17, 15) is 5.11 Å². The Balaban J connectivity index is 1.58. The SMILES string of the molecule is Cc1cn(-c2ccc(-c3cc(C)c(N[C@@H](C)c4ccc(C)c(C)c4)nn3)nc2CO)cn1. The maximum absolute atomic E-state index is 9.86. The zero-order valence-corrected chi connectivity index (χ0v) is 19.1. The third kappa shape index (κ3) is 4.38. The van der Waals surface area contributed by atoms with E-state index in [0.717, 1.165) is 22.8 Å². The second-order valence-electron chi connectivity index (χ2n) is 8.21. The zero-order chi connectivity index (χ0) is 22.8. The number of aryl methyl sites for hydroxylation is 4. The number of hydrogen-bond donors (Lipinski definition) is 2. The average Bonchev–Trinajstić information content (AvgIpc) is 3.22. The van der Waals surface area contributed by atoms with Gasteiger partial charge in [0.2, 0.25) is 0 Å². The second kappa shape index (κ2) is 8.88. The van der Waals surface area contributed by atoms with Gasteiger partial charge in [0.1, 0.15) is 5.69 Å². The number of anilines is 1. The number of imidazole rings is 1. The van der Waals surface area contributed by atoms with Gasteiger partial charge in [0.05, 0.1) is 41.7 Å². The number of nitrogens with zero attached hydrogens (tertiary/aromatic N) is 5. The summed E-state index contributed by atoms with van der Waals surface area (Å²) < 4.78 is 1.86. The molecule has 0 radical (unpaired) electrons. The topological polar surface area (TPSA) is 88.8 Å². The van der Waals surface area contributed by atoms with Crippen LogP contribution in [0.1, 0.15) is 46.6 Å². The first-order valence-corrected chi connectivity index (χ1v) is 10.7. The van der Waals surface area contributed by atoms with Crippen molar-refractivity contribution >= 4 is 5.82 Å². The lowest BCUT2D eigenvalue weighted by atomic mass is 10.0. The van der Waals surface area contributed by atoms with Gasteiger partial charge in [-0.3, -0.25) is 0 Å². The van der Waals surface area contributed by atoms with Crippen molar-refractivity contribution < 1.29 is 5.11 Å². The molecule has 0 aliphatic heterocycles. The van der Waals surface area contributed by atoms with E-state index < -0.39 is 0 Å². The number of benzene rings is 1. The average molecular weight is 429 g/mol. The fourth-order valence-electron chi connectivity index (χ4n) is 3.62. The predicted octanol–water partition coefficient (Wildman–Crippen LogP) is 4.62. The normalized spacial score (nSPS) is 12.1.